The lowest BCUT2D eigenvalue weighted by atomic mass is 10.1. The van der Waals surface area contributed by atoms with Crippen LogP contribution in [0, 0.1) is 0 Å². The van der Waals surface area contributed by atoms with Crippen LogP contribution in [-0.4, -0.2) is 9.55 Å². The fraction of sp³-hybridized carbons (Fsp3) is 0.136. The van der Waals surface area contributed by atoms with Crippen LogP contribution in [0.25, 0.3) is 6.08 Å². The number of aromatic nitrogens is 2. The summed E-state index contributed by atoms with van der Waals surface area (Å²) in [4.78, 5) is 4.07. The Balaban J connectivity index is 1.43. The number of nitrogens with zero attached hydrogens (tertiary/aromatic N) is 2. The van der Waals surface area contributed by atoms with Crippen LogP contribution in [0.15, 0.2) is 91.5 Å². The zero-order valence-corrected chi connectivity index (χ0v) is 13.8. The fourth-order valence-electron chi connectivity index (χ4n) is 2.53. The van der Waals surface area contributed by atoms with E-state index >= 15 is 0 Å². The van der Waals surface area contributed by atoms with E-state index in [0.29, 0.717) is 0 Å². The van der Waals surface area contributed by atoms with Gasteiger partial charge in [-0.2, -0.15) is 0 Å². The second-order valence-corrected chi connectivity index (χ2v) is 5.78. The van der Waals surface area contributed by atoms with Crippen molar-refractivity contribution in [3.05, 3.63) is 108 Å². The molecule has 120 valence electrons. The van der Waals surface area contributed by atoms with Crippen LogP contribution in [0.2, 0.25) is 0 Å². The molecule has 3 aromatic rings. The molecule has 0 aliphatic rings. The number of imidazole rings is 1. The number of rotatable bonds is 7. The van der Waals surface area contributed by atoms with Crippen LogP contribution in [0.5, 0.6) is 0 Å². The van der Waals surface area contributed by atoms with Crippen molar-refractivity contribution in [2.75, 3.05) is 0 Å². The van der Waals surface area contributed by atoms with Gasteiger partial charge in [0, 0.05) is 18.9 Å². The molecule has 0 N–H and O–H groups in total. The van der Waals surface area contributed by atoms with Gasteiger partial charge in [0.05, 0.1) is 6.33 Å². The molecule has 24 heavy (non-hydrogen) atoms. The lowest BCUT2D eigenvalue weighted by molar-refractivity contribution is 0.797. The molecule has 1 heterocycles. The topological polar surface area (TPSA) is 17.8 Å². The van der Waals surface area contributed by atoms with E-state index in [9.17, 15) is 0 Å². The van der Waals surface area contributed by atoms with Crippen LogP contribution in [0.1, 0.15) is 23.1 Å². The third-order valence-corrected chi connectivity index (χ3v) is 3.85. The van der Waals surface area contributed by atoms with Gasteiger partial charge in [0.1, 0.15) is 0 Å². The van der Waals surface area contributed by atoms with Crippen LogP contribution in [0.3, 0.4) is 0 Å². The molecule has 0 unspecified atom stereocenters. The van der Waals surface area contributed by atoms with Crippen LogP contribution in [-0.2, 0) is 13.0 Å². The summed E-state index contributed by atoms with van der Waals surface area (Å²) >= 11 is 0. The van der Waals surface area contributed by atoms with Crippen LogP contribution < -0.4 is 0 Å². The SMILES string of the molecule is C(=Cc1ccccc1)C/C=C/Cc1ccc(Cn2ccnc2)cc1. The van der Waals surface area contributed by atoms with Crippen molar-refractivity contribution in [3.8, 4) is 0 Å². The molecule has 2 nitrogen and oxygen atoms in total. The predicted molar refractivity (Wildman–Crippen MR) is 101 cm³/mol. The quantitative estimate of drug-likeness (QED) is 0.553. The van der Waals surface area contributed by atoms with Gasteiger partial charge in [-0.25, -0.2) is 4.98 Å². The summed E-state index contributed by atoms with van der Waals surface area (Å²) < 4.78 is 2.08. The molecule has 0 radical (unpaired) electrons. The van der Waals surface area contributed by atoms with Gasteiger partial charge in [-0.1, -0.05) is 78.9 Å². The van der Waals surface area contributed by atoms with Crippen molar-refractivity contribution in [1.82, 2.24) is 9.55 Å². The van der Waals surface area contributed by atoms with Gasteiger partial charge in [0.2, 0.25) is 0 Å². The van der Waals surface area contributed by atoms with E-state index < -0.39 is 0 Å². The van der Waals surface area contributed by atoms with E-state index in [4.69, 9.17) is 0 Å². The Kier molecular flexibility index (Phi) is 5.79. The lowest BCUT2D eigenvalue weighted by Crippen LogP contribution is -1.96. The first kappa shape index (κ1) is 16.0. The Morgan fingerprint density at radius 3 is 2.38 bits per heavy atom. The normalized spacial score (nSPS) is 11.5. The third kappa shape index (κ3) is 5.10. The molecule has 0 saturated heterocycles. The Hall–Kier alpha value is -2.87. The molecule has 0 amide bonds. The second kappa shape index (κ2) is 8.68. The average molecular weight is 314 g/mol. The highest BCUT2D eigenvalue weighted by atomic mass is 15.0. The van der Waals surface area contributed by atoms with Crippen LogP contribution in [0.4, 0.5) is 0 Å². The van der Waals surface area contributed by atoms with E-state index in [2.05, 4.69) is 82.4 Å². The number of hydrogen-bond acceptors (Lipinski definition) is 1. The van der Waals surface area contributed by atoms with Gasteiger partial charge >= 0.3 is 0 Å². The van der Waals surface area contributed by atoms with Gasteiger partial charge in [-0.15, -0.1) is 0 Å². The van der Waals surface area contributed by atoms with Gasteiger partial charge in [-0.3, -0.25) is 0 Å². The monoisotopic (exact) mass is 314 g/mol. The standard InChI is InChI=1S/C22H22N2/c1(4-8-20-9-6-3-7-10-20)2-5-11-21-12-14-22(15-13-21)18-24-17-16-23-19-24/h2-10,12-17,19H,1,11,18H2/b5-2+,8-4?. The lowest BCUT2D eigenvalue weighted by Gasteiger charge is -2.03. The molecular formula is C22H22N2. The maximum absolute atomic E-state index is 4.07. The fourth-order valence-corrected chi connectivity index (χ4v) is 2.53. The maximum atomic E-state index is 4.07. The van der Waals surface area contributed by atoms with E-state index in [1.54, 1.807) is 0 Å². The summed E-state index contributed by atoms with van der Waals surface area (Å²) in [5, 5.41) is 0. The van der Waals surface area contributed by atoms with E-state index in [1.165, 1.54) is 16.7 Å². The number of hydrogen-bond donors (Lipinski definition) is 0. The van der Waals surface area contributed by atoms with Crippen molar-refractivity contribution in [2.24, 2.45) is 0 Å². The summed E-state index contributed by atoms with van der Waals surface area (Å²) in [5.74, 6) is 0. The zero-order chi connectivity index (χ0) is 16.5. The van der Waals surface area contributed by atoms with Gasteiger partial charge in [0.15, 0.2) is 0 Å². The summed E-state index contributed by atoms with van der Waals surface area (Å²) in [6, 6.07) is 19.2. The second-order valence-electron chi connectivity index (χ2n) is 5.78. The first-order valence-electron chi connectivity index (χ1n) is 8.30. The average Bonchev–Trinajstić information content (AvgIpc) is 3.13. The first-order chi connectivity index (χ1) is 11.9. The Bertz CT molecular complexity index is 767. The molecule has 0 fully saturated rings. The minimum atomic E-state index is 0.875. The Morgan fingerprint density at radius 1 is 0.833 bits per heavy atom. The van der Waals surface area contributed by atoms with Crippen molar-refractivity contribution >= 4 is 6.08 Å². The minimum absolute atomic E-state index is 0.875. The molecule has 0 aliphatic heterocycles. The zero-order valence-electron chi connectivity index (χ0n) is 13.8. The Labute approximate surface area is 143 Å². The van der Waals surface area contributed by atoms with Crippen molar-refractivity contribution in [1.29, 1.82) is 0 Å². The van der Waals surface area contributed by atoms with Gasteiger partial charge in [-0.05, 0) is 29.5 Å². The van der Waals surface area contributed by atoms with Gasteiger partial charge < -0.3 is 4.57 Å². The third-order valence-electron chi connectivity index (χ3n) is 3.85. The highest BCUT2D eigenvalue weighted by Crippen LogP contribution is 2.08. The molecule has 0 spiro atoms. The molecule has 2 heteroatoms. The molecular weight excluding hydrogens is 292 g/mol. The number of benzene rings is 2. The highest BCUT2D eigenvalue weighted by molar-refractivity contribution is 5.48. The van der Waals surface area contributed by atoms with Crippen molar-refractivity contribution in [2.45, 2.75) is 19.4 Å². The molecule has 0 aliphatic carbocycles. The van der Waals surface area contributed by atoms with E-state index in [-0.39, 0.29) is 0 Å². The van der Waals surface area contributed by atoms with E-state index in [0.717, 1.165) is 19.4 Å². The van der Waals surface area contributed by atoms with Gasteiger partial charge in [0.25, 0.3) is 0 Å². The summed E-state index contributed by atoms with van der Waals surface area (Å²) in [5.41, 5.74) is 3.89. The number of allylic oxidation sites excluding steroid dienone is 3. The predicted octanol–water partition coefficient (Wildman–Crippen LogP) is 5.13. The molecule has 0 atom stereocenters. The highest BCUT2D eigenvalue weighted by Gasteiger charge is 1.95. The van der Waals surface area contributed by atoms with Crippen molar-refractivity contribution in [3.63, 3.8) is 0 Å². The maximum Gasteiger partial charge on any atom is 0.0949 e. The summed E-state index contributed by atoms with van der Waals surface area (Å²) in [6.07, 6.45) is 16.4. The molecule has 1 aromatic heterocycles. The Morgan fingerprint density at radius 2 is 1.62 bits per heavy atom. The largest absolute Gasteiger partial charge is 0.333 e. The molecule has 3 rings (SSSR count). The van der Waals surface area contributed by atoms with Crippen molar-refractivity contribution < 1.29 is 0 Å². The minimum Gasteiger partial charge on any atom is -0.333 e. The van der Waals surface area contributed by atoms with Crippen LogP contribution >= 0.6 is 0 Å². The first-order valence-corrected chi connectivity index (χ1v) is 8.30. The summed E-state index contributed by atoms with van der Waals surface area (Å²) in [7, 11) is 0. The van der Waals surface area contributed by atoms with E-state index in [1.807, 2.05) is 24.8 Å². The molecule has 2 aromatic carbocycles. The molecule has 0 bridgehead atoms. The molecule has 0 saturated carbocycles. The summed E-state index contributed by atoms with van der Waals surface area (Å²) in [6.45, 7) is 0.875. The smallest absolute Gasteiger partial charge is 0.0949 e.